The quantitative estimate of drug-likeness (QED) is 0.368. The minimum Gasteiger partial charge on any atom is -0.508 e. The number of phenolic OH excluding ortho intramolecular Hbond substituents is 2. The van der Waals surface area contributed by atoms with E-state index in [0.717, 1.165) is 12.1 Å². The molecule has 0 fully saturated rings. The van der Waals surface area contributed by atoms with Crippen LogP contribution in [-0.2, 0) is 0 Å². The number of nitrogens with one attached hydrogen (secondary N) is 1. The Balaban J connectivity index is 1.99. The van der Waals surface area contributed by atoms with E-state index in [9.17, 15) is 29.9 Å². The minimum atomic E-state index is -0.820. The van der Waals surface area contributed by atoms with Crippen LogP contribution in [-0.4, -0.2) is 26.7 Å². The number of hydrogen-bond donors (Lipinski definition) is 3. The SMILES string of the molecule is O=C1c2ccc(O)cc2C(=O)c2c1c(O)cc(Nc1ccccc1)c2[N+](=O)[O-]. The van der Waals surface area contributed by atoms with E-state index in [1.807, 2.05) is 0 Å². The summed E-state index contributed by atoms with van der Waals surface area (Å²) >= 11 is 0. The van der Waals surface area contributed by atoms with E-state index >= 15 is 0 Å². The zero-order chi connectivity index (χ0) is 20.0. The lowest BCUT2D eigenvalue weighted by atomic mass is 9.82. The molecule has 1 aliphatic rings. The summed E-state index contributed by atoms with van der Waals surface area (Å²) in [6.07, 6.45) is 0. The lowest BCUT2D eigenvalue weighted by Gasteiger charge is -2.20. The number of nitrogens with zero attached hydrogens (tertiary/aromatic N) is 1. The Morgan fingerprint density at radius 1 is 0.857 bits per heavy atom. The van der Waals surface area contributed by atoms with Crippen LogP contribution in [0.1, 0.15) is 31.8 Å². The molecule has 4 rings (SSSR count). The van der Waals surface area contributed by atoms with Crippen molar-refractivity contribution < 1.29 is 24.7 Å². The van der Waals surface area contributed by atoms with Crippen LogP contribution in [0.2, 0.25) is 0 Å². The van der Waals surface area contributed by atoms with Crippen LogP contribution < -0.4 is 5.32 Å². The molecule has 0 saturated heterocycles. The number of aromatic hydroxyl groups is 2. The van der Waals surface area contributed by atoms with Gasteiger partial charge in [0.25, 0.3) is 0 Å². The number of ketones is 2. The summed E-state index contributed by atoms with van der Waals surface area (Å²) in [5.74, 6) is -2.35. The molecule has 8 heteroatoms. The van der Waals surface area contributed by atoms with Gasteiger partial charge in [-0.15, -0.1) is 0 Å². The second kappa shape index (κ2) is 6.20. The molecule has 0 aromatic heterocycles. The van der Waals surface area contributed by atoms with Gasteiger partial charge in [0.05, 0.1) is 10.5 Å². The first-order chi connectivity index (χ1) is 13.4. The van der Waals surface area contributed by atoms with E-state index < -0.39 is 39.1 Å². The predicted molar refractivity (Wildman–Crippen MR) is 99.5 cm³/mol. The summed E-state index contributed by atoms with van der Waals surface area (Å²) in [6, 6.07) is 13.1. The minimum absolute atomic E-state index is 0.0383. The molecule has 28 heavy (non-hydrogen) atoms. The fraction of sp³-hybridized carbons (Fsp3) is 0. The molecule has 3 aromatic carbocycles. The highest BCUT2D eigenvalue weighted by molar-refractivity contribution is 6.31. The zero-order valence-corrected chi connectivity index (χ0v) is 14.2. The summed E-state index contributed by atoms with van der Waals surface area (Å²) < 4.78 is 0. The molecule has 0 saturated carbocycles. The van der Waals surface area contributed by atoms with E-state index in [-0.39, 0.29) is 22.6 Å². The Bertz CT molecular complexity index is 1170. The van der Waals surface area contributed by atoms with Gasteiger partial charge in [-0.2, -0.15) is 0 Å². The Kier molecular flexibility index (Phi) is 3.82. The van der Waals surface area contributed by atoms with Gasteiger partial charge in [0.2, 0.25) is 5.78 Å². The largest absolute Gasteiger partial charge is 0.508 e. The van der Waals surface area contributed by atoms with E-state index in [1.165, 1.54) is 12.1 Å². The highest BCUT2D eigenvalue weighted by Crippen LogP contribution is 2.43. The van der Waals surface area contributed by atoms with Gasteiger partial charge in [0, 0.05) is 22.9 Å². The number of fused-ring (bicyclic) bond motifs is 2. The van der Waals surface area contributed by atoms with Gasteiger partial charge in [0.1, 0.15) is 22.7 Å². The highest BCUT2D eigenvalue weighted by Gasteiger charge is 2.40. The molecule has 3 N–H and O–H groups in total. The maximum atomic E-state index is 13.0. The molecule has 1 aliphatic carbocycles. The number of hydrogen-bond acceptors (Lipinski definition) is 7. The molecule has 0 amide bonds. The molecule has 0 heterocycles. The van der Waals surface area contributed by atoms with Crippen LogP contribution in [0.25, 0.3) is 0 Å². The summed E-state index contributed by atoms with van der Waals surface area (Å²) in [5.41, 5.74) is -1.38. The highest BCUT2D eigenvalue weighted by atomic mass is 16.6. The van der Waals surface area contributed by atoms with Gasteiger partial charge < -0.3 is 15.5 Å². The van der Waals surface area contributed by atoms with E-state index in [2.05, 4.69) is 5.32 Å². The molecule has 0 unspecified atom stereocenters. The van der Waals surface area contributed by atoms with Crippen molar-refractivity contribution in [1.82, 2.24) is 0 Å². The molecule has 8 nitrogen and oxygen atoms in total. The van der Waals surface area contributed by atoms with Gasteiger partial charge >= 0.3 is 5.69 Å². The Morgan fingerprint density at radius 2 is 1.54 bits per heavy atom. The van der Waals surface area contributed by atoms with Gasteiger partial charge in [-0.1, -0.05) is 18.2 Å². The fourth-order valence-electron chi connectivity index (χ4n) is 3.26. The smallest absolute Gasteiger partial charge is 0.304 e. The second-order valence-electron chi connectivity index (χ2n) is 6.18. The van der Waals surface area contributed by atoms with Crippen molar-refractivity contribution in [2.45, 2.75) is 0 Å². The molecule has 0 spiro atoms. The molecular weight excluding hydrogens is 364 g/mol. The molecule has 0 radical (unpaired) electrons. The van der Waals surface area contributed by atoms with Crippen LogP contribution in [0, 0.1) is 10.1 Å². The van der Waals surface area contributed by atoms with Gasteiger partial charge in [-0.3, -0.25) is 19.7 Å². The predicted octanol–water partition coefficient (Wildman–Crippen LogP) is 3.53. The van der Waals surface area contributed by atoms with E-state index in [1.54, 1.807) is 30.3 Å². The van der Waals surface area contributed by atoms with Crippen LogP contribution in [0.15, 0.2) is 54.6 Å². The number of para-hydroxylation sites is 1. The second-order valence-corrected chi connectivity index (χ2v) is 6.18. The lowest BCUT2D eigenvalue weighted by Crippen LogP contribution is -2.23. The van der Waals surface area contributed by atoms with Crippen molar-refractivity contribution >= 4 is 28.6 Å². The number of rotatable bonds is 3. The Morgan fingerprint density at radius 3 is 2.21 bits per heavy atom. The first-order valence-electron chi connectivity index (χ1n) is 8.17. The van der Waals surface area contributed by atoms with Gasteiger partial charge in [0.15, 0.2) is 5.78 Å². The summed E-state index contributed by atoms with van der Waals surface area (Å²) in [6.45, 7) is 0. The molecule has 0 aliphatic heterocycles. The lowest BCUT2D eigenvalue weighted by molar-refractivity contribution is -0.384. The zero-order valence-electron chi connectivity index (χ0n) is 14.2. The third-order valence-corrected chi connectivity index (χ3v) is 4.46. The maximum absolute atomic E-state index is 13.0. The van der Waals surface area contributed by atoms with Crippen molar-refractivity contribution in [3.05, 3.63) is 87.0 Å². The van der Waals surface area contributed by atoms with Crippen molar-refractivity contribution in [2.75, 3.05) is 5.32 Å². The number of carbonyl (C=O) groups excluding carboxylic acids is 2. The number of phenols is 2. The van der Waals surface area contributed by atoms with Gasteiger partial charge in [-0.05, 0) is 30.3 Å². The number of benzene rings is 3. The normalized spacial score (nSPS) is 12.3. The number of nitro groups is 1. The summed E-state index contributed by atoms with van der Waals surface area (Å²) in [5, 5.41) is 34.7. The first-order valence-corrected chi connectivity index (χ1v) is 8.17. The van der Waals surface area contributed by atoms with Crippen molar-refractivity contribution in [3.8, 4) is 11.5 Å². The average molecular weight is 376 g/mol. The summed E-state index contributed by atoms with van der Waals surface area (Å²) in [7, 11) is 0. The van der Waals surface area contributed by atoms with Crippen molar-refractivity contribution in [1.29, 1.82) is 0 Å². The molecule has 0 bridgehead atoms. The van der Waals surface area contributed by atoms with Crippen LogP contribution in [0.4, 0.5) is 17.1 Å². The standard InChI is InChI=1S/C20H12N2O6/c23-11-6-7-12-13(8-11)20(26)17-16(19(12)25)15(24)9-14(18(17)22(27)28)21-10-4-2-1-3-5-10/h1-9,21,23-24H. The van der Waals surface area contributed by atoms with Crippen LogP contribution in [0.3, 0.4) is 0 Å². The third-order valence-electron chi connectivity index (χ3n) is 4.46. The topological polar surface area (TPSA) is 130 Å². The number of carbonyl (C=O) groups is 2. The average Bonchev–Trinajstić information content (AvgIpc) is 2.66. The van der Waals surface area contributed by atoms with Crippen LogP contribution in [0.5, 0.6) is 11.5 Å². The van der Waals surface area contributed by atoms with E-state index in [0.29, 0.717) is 5.69 Å². The molecule has 0 atom stereocenters. The number of nitro benzene ring substituents is 1. The van der Waals surface area contributed by atoms with Crippen molar-refractivity contribution in [2.24, 2.45) is 0 Å². The number of anilines is 2. The van der Waals surface area contributed by atoms with Crippen molar-refractivity contribution in [3.63, 3.8) is 0 Å². The fourth-order valence-corrected chi connectivity index (χ4v) is 3.26. The van der Waals surface area contributed by atoms with E-state index in [4.69, 9.17) is 0 Å². The third kappa shape index (κ3) is 2.55. The first kappa shape index (κ1) is 17.2. The van der Waals surface area contributed by atoms with Gasteiger partial charge in [-0.25, -0.2) is 0 Å². The van der Waals surface area contributed by atoms with Crippen LogP contribution >= 0.6 is 0 Å². The molecular formula is C20H12N2O6. The Hall–Kier alpha value is -4.20. The Labute approximate surface area is 157 Å². The molecule has 3 aromatic rings. The maximum Gasteiger partial charge on any atom is 0.304 e. The summed E-state index contributed by atoms with van der Waals surface area (Å²) in [4.78, 5) is 36.8. The monoisotopic (exact) mass is 376 g/mol. The molecule has 138 valence electrons.